The normalized spacial score (nSPS) is 11.2. The molecule has 3 N–H and O–H groups in total. The lowest BCUT2D eigenvalue weighted by Gasteiger charge is -2.12. The number of methoxy groups -OCH3 is 1. The number of nitrogens with zero attached hydrogens (tertiary/aromatic N) is 2. The summed E-state index contributed by atoms with van der Waals surface area (Å²) in [5.74, 6) is -0.891. The summed E-state index contributed by atoms with van der Waals surface area (Å²) < 4.78 is 17.7. The molecule has 11 heteroatoms. The highest BCUT2D eigenvalue weighted by Gasteiger charge is 2.15. The fraction of sp³-hybridized carbons (Fsp3) is 0.333. The van der Waals surface area contributed by atoms with Crippen molar-refractivity contribution in [1.29, 1.82) is 0 Å². The number of aliphatic hydroxyl groups excluding tert-OH is 2. The van der Waals surface area contributed by atoms with Crippen molar-refractivity contribution in [3.63, 3.8) is 0 Å². The lowest BCUT2D eigenvalue weighted by Crippen LogP contribution is -2.18. The molecule has 0 radical (unpaired) electrons. The predicted octanol–water partition coefficient (Wildman–Crippen LogP) is 2.76. The van der Waals surface area contributed by atoms with E-state index < -0.39 is 21.4 Å². The van der Waals surface area contributed by atoms with Crippen LogP contribution in [0, 0.1) is 26.0 Å². The second-order valence-electron chi connectivity index (χ2n) is 5.89. The molecule has 0 amide bonds. The Hall–Kier alpha value is -3.15. The fourth-order valence-electron chi connectivity index (χ4n) is 2.11. The number of nitro benzene ring substituents is 2. The Morgan fingerprint density at radius 1 is 1.03 bits per heavy atom. The van der Waals surface area contributed by atoms with Crippen LogP contribution in [0.4, 0.5) is 21.5 Å². The van der Waals surface area contributed by atoms with Gasteiger partial charge in [0.1, 0.15) is 5.69 Å². The number of rotatable bonds is 8. The van der Waals surface area contributed by atoms with E-state index in [1.54, 1.807) is 19.2 Å². The van der Waals surface area contributed by atoms with Gasteiger partial charge in [0.05, 0.1) is 29.2 Å². The molecule has 0 fully saturated rings. The molecule has 0 spiro atoms. The van der Waals surface area contributed by atoms with Crippen molar-refractivity contribution in [1.82, 2.24) is 0 Å². The van der Waals surface area contributed by atoms with Crippen LogP contribution in [0.1, 0.15) is 18.1 Å². The maximum Gasteiger partial charge on any atom is 0.305 e. The van der Waals surface area contributed by atoms with Crippen LogP contribution < -0.4 is 5.32 Å². The minimum atomic E-state index is -0.891. The van der Waals surface area contributed by atoms with Crippen molar-refractivity contribution in [2.45, 2.75) is 26.2 Å². The maximum absolute atomic E-state index is 12.6. The molecule has 0 aliphatic heterocycles. The van der Waals surface area contributed by atoms with Gasteiger partial charge in [-0.3, -0.25) is 20.2 Å². The lowest BCUT2D eigenvalue weighted by atomic mass is 10.2. The van der Waals surface area contributed by atoms with Crippen LogP contribution in [0.25, 0.3) is 0 Å². The van der Waals surface area contributed by atoms with Gasteiger partial charge in [0.25, 0.3) is 5.69 Å². The van der Waals surface area contributed by atoms with Crippen LogP contribution in [0.2, 0.25) is 0 Å². The second-order valence-corrected chi connectivity index (χ2v) is 5.89. The Balaban J connectivity index is 0.000000308. The quantitative estimate of drug-likeness (QED) is 0.444. The molecule has 29 heavy (non-hydrogen) atoms. The number of nitrogens with one attached hydrogen (secondary N) is 1. The smallest absolute Gasteiger partial charge is 0.305 e. The van der Waals surface area contributed by atoms with E-state index in [-0.39, 0.29) is 25.0 Å². The van der Waals surface area contributed by atoms with Crippen LogP contribution in [0.5, 0.6) is 0 Å². The summed E-state index contributed by atoms with van der Waals surface area (Å²) >= 11 is 0. The van der Waals surface area contributed by atoms with Gasteiger partial charge in [0.15, 0.2) is 0 Å². The van der Waals surface area contributed by atoms with E-state index in [0.29, 0.717) is 23.4 Å². The van der Waals surface area contributed by atoms with E-state index in [1.807, 2.05) is 6.92 Å². The summed E-state index contributed by atoms with van der Waals surface area (Å²) in [4.78, 5) is 19.7. The minimum Gasteiger partial charge on any atom is -0.392 e. The third-order valence-electron chi connectivity index (χ3n) is 3.81. The number of anilines is 1. The predicted molar refractivity (Wildman–Crippen MR) is 103 cm³/mol. The summed E-state index contributed by atoms with van der Waals surface area (Å²) in [6, 6.07) is 7.86. The molecule has 0 bridgehead atoms. The first-order valence-electron chi connectivity index (χ1n) is 8.42. The Morgan fingerprint density at radius 2 is 1.55 bits per heavy atom. The molecule has 0 saturated heterocycles. The van der Waals surface area contributed by atoms with E-state index in [2.05, 4.69) is 5.32 Å². The highest BCUT2D eigenvalue weighted by Crippen LogP contribution is 2.25. The monoisotopic (exact) mass is 411 g/mol. The van der Waals surface area contributed by atoms with Gasteiger partial charge in [-0.15, -0.1) is 0 Å². The van der Waals surface area contributed by atoms with Crippen LogP contribution >= 0.6 is 0 Å². The zero-order valence-corrected chi connectivity index (χ0v) is 15.9. The topological polar surface area (TPSA) is 148 Å². The summed E-state index contributed by atoms with van der Waals surface area (Å²) in [6.45, 7) is 1.80. The van der Waals surface area contributed by atoms with Crippen LogP contribution in [-0.4, -0.2) is 39.8 Å². The average molecular weight is 411 g/mol. The van der Waals surface area contributed by atoms with Gasteiger partial charge in [-0.1, -0.05) is 12.1 Å². The van der Waals surface area contributed by atoms with Crippen LogP contribution in [0.15, 0.2) is 36.4 Å². The summed E-state index contributed by atoms with van der Waals surface area (Å²) in [5.41, 5.74) is 0.614. The van der Waals surface area contributed by atoms with Crippen molar-refractivity contribution in [3.8, 4) is 0 Å². The largest absolute Gasteiger partial charge is 0.392 e. The molecule has 2 rings (SSSR count). The van der Waals surface area contributed by atoms with E-state index >= 15 is 0 Å². The molecule has 0 heterocycles. The van der Waals surface area contributed by atoms with E-state index in [4.69, 9.17) is 14.9 Å². The van der Waals surface area contributed by atoms with Crippen LogP contribution in [0.3, 0.4) is 0 Å². The molecule has 1 atom stereocenters. The molecule has 10 nitrogen and oxygen atoms in total. The molecule has 2 aromatic rings. The molecular weight excluding hydrogens is 389 g/mol. The Labute approximate surface area is 165 Å². The number of hydrogen-bond donors (Lipinski definition) is 3. The number of nitro groups is 2. The molecule has 158 valence electrons. The van der Waals surface area contributed by atoms with Crippen molar-refractivity contribution < 1.29 is 29.2 Å². The van der Waals surface area contributed by atoms with Gasteiger partial charge in [-0.05, 0) is 30.2 Å². The molecule has 0 aliphatic carbocycles. The van der Waals surface area contributed by atoms with Crippen molar-refractivity contribution in [3.05, 3.63) is 73.6 Å². The third-order valence-corrected chi connectivity index (χ3v) is 3.81. The number of hydrogen-bond acceptors (Lipinski definition) is 8. The first kappa shape index (κ1) is 23.9. The number of aliphatic hydroxyl groups is 2. The number of ether oxygens (including phenoxy) is 1. The Kier molecular flexibility index (Phi) is 9.59. The highest BCUT2D eigenvalue weighted by molar-refractivity contribution is 5.62. The SMILES string of the molecule is COC(C)CNc1ccc(CO)cc1[N+](=O)[O-].O=[N+]([O-])c1cc(CO)ccc1F. The lowest BCUT2D eigenvalue weighted by molar-refractivity contribution is -0.387. The minimum absolute atomic E-state index is 0.0351. The molecule has 1 unspecified atom stereocenters. The van der Waals surface area contributed by atoms with Crippen molar-refractivity contribution in [2.75, 3.05) is 19.0 Å². The van der Waals surface area contributed by atoms with Gasteiger partial charge >= 0.3 is 5.69 Å². The Bertz CT molecular complexity index is 848. The standard InChI is InChI=1S/C11H16N2O4.C7H6FNO3/c1-8(17-2)6-12-10-4-3-9(7-14)5-11(10)13(15)16;8-6-2-1-5(4-10)3-7(6)9(11)12/h3-5,8,12,14H,6-7H2,1-2H3;1-3,10H,4H2. The third kappa shape index (κ3) is 7.41. The zero-order chi connectivity index (χ0) is 22.0. The van der Waals surface area contributed by atoms with Gasteiger partial charge in [-0.2, -0.15) is 4.39 Å². The number of benzene rings is 2. The van der Waals surface area contributed by atoms with Gasteiger partial charge in [-0.25, -0.2) is 0 Å². The van der Waals surface area contributed by atoms with E-state index in [9.17, 15) is 24.6 Å². The maximum atomic E-state index is 12.6. The molecule has 0 aliphatic rings. The molecule has 0 aromatic heterocycles. The zero-order valence-electron chi connectivity index (χ0n) is 15.9. The summed E-state index contributed by atoms with van der Waals surface area (Å²) in [7, 11) is 1.58. The fourth-order valence-corrected chi connectivity index (χ4v) is 2.11. The summed E-state index contributed by atoms with van der Waals surface area (Å²) in [6.07, 6.45) is -0.0351. The van der Waals surface area contributed by atoms with E-state index in [0.717, 1.165) is 12.1 Å². The van der Waals surface area contributed by atoms with Crippen molar-refractivity contribution in [2.24, 2.45) is 0 Å². The Morgan fingerprint density at radius 3 is 2.03 bits per heavy atom. The van der Waals surface area contributed by atoms with Gasteiger partial charge in [0, 0.05) is 25.8 Å². The highest BCUT2D eigenvalue weighted by atomic mass is 19.1. The summed E-state index contributed by atoms with van der Waals surface area (Å²) in [5, 5.41) is 41.5. The number of halogens is 1. The first-order chi connectivity index (χ1) is 13.7. The average Bonchev–Trinajstić information content (AvgIpc) is 2.72. The first-order valence-corrected chi connectivity index (χ1v) is 8.42. The second kappa shape index (κ2) is 11.6. The molecular formula is C18H22FN3O7. The molecule has 0 saturated carbocycles. The van der Waals surface area contributed by atoms with Crippen molar-refractivity contribution >= 4 is 17.1 Å². The van der Waals surface area contributed by atoms with Gasteiger partial charge < -0.3 is 20.3 Å². The molecule has 2 aromatic carbocycles. The van der Waals surface area contributed by atoms with E-state index in [1.165, 1.54) is 12.1 Å². The van der Waals surface area contributed by atoms with Gasteiger partial charge in [0.2, 0.25) is 5.82 Å². The van der Waals surface area contributed by atoms with Crippen LogP contribution in [-0.2, 0) is 18.0 Å².